The van der Waals surface area contributed by atoms with Gasteiger partial charge in [0.1, 0.15) is 5.75 Å². The normalized spacial score (nSPS) is 12.4. The van der Waals surface area contributed by atoms with Gasteiger partial charge in [0.2, 0.25) is 0 Å². The van der Waals surface area contributed by atoms with Crippen LogP contribution in [0.3, 0.4) is 0 Å². The van der Waals surface area contributed by atoms with E-state index in [0.29, 0.717) is 29.0 Å². The number of hydrogen-bond donors (Lipinski definition) is 2. The lowest BCUT2D eigenvalue weighted by atomic mass is 10.1. The number of fused-ring (bicyclic) bond motifs is 1. The molecule has 0 fully saturated rings. The Hall–Kier alpha value is -4.79. The van der Waals surface area contributed by atoms with Crippen LogP contribution in [0.4, 0.5) is 11.4 Å². The van der Waals surface area contributed by atoms with Gasteiger partial charge < -0.3 is 15.4 Å². The number of anilines is 2. The molecule has 1 aliphatic rings. The second-order valence-corrected chi connectivity index (χ2v) is 8.98. The Morgan fingerprint density at radius 2 is 1.35 bits per heavy atom. The summed E-state index contributed by atoms with van der Waals surface area (Å²) in [5.41, 5.74) is 2.04. The highest BCUT2D eigenvalue weighted by molar-refractivity contribution is 6.22. The predicted octanol–water partition coefficient (Wildman–Crippen LogP) is 4.37. The van der Waals surface area contributed by atoms with Crippen molar-refractivity contribution in [2.75, 3.05) is 17.2 Å². The molecule has 0 aliphatic carbocycles. The lowest BCUT2D eigenvalue weighted by molar-refractivity contribution is -0.131. The van der Waals surface area contributed by atoms with Crippen LogP contribution in [-0.2, 0) is 4.79 Å². The monoisotopic (exact) mass is 499 g/mol. The first kappa shape index (κ1) is 25.3. The van der Waals surface area contributed by atoms with Crippen LogP contribution in [0.15, 0.2) is 66.7 Å². The molecule has 3 aromatic rings. The Bertz CT molecular complexity index is 1410. The van der Waals surface area contributed by atoms with Crippen LogP contribution in [-0.4, -0.2) is 41.0 Å². The maximum Gasteiger partial charge on any atom is 0.308 e. The maximum absolute atomic E-state index is 12.8. The quantitative estimate of drug-likeness (QED) is 0.283. The molecule has 0 radical (unpaired) electrons. The van der Waals surface area contributed by atoms with Crippen molar-refractivity contribution in [3.63, 3.8) is 0 Å². The van der Waals surface area contributed by atoms with Gasteiger partial charge in [-0.05, 0) is 66.6 Å². The summed E-state index contributed by atoms with van der Waals surface area (Å²) in [4.78, 5) is 62.9. The van der Waals surface area contributed by atoms with Gasteiger partial charge in [0.25, 0.3) is 23.6 Å². The van der Waals surface area contributed by atoms with Crippen molar-refractivity contribution in [3.8, 4) is 5.75 Å². The average Bonchev–Trinajstić information content (AvgIpc) is 3.09. The average molecular weight is 500 g/mol. The number of ether oxygens (including phenoxy) is 1. The second kappa shape index (κ2) is 10.4. The Morgan fingerprint density at radius 1 is 0.784 bits per heavy atom. The minimum absolute atomic E-state index is 0.128. The van der Waals surface area contributed by atoms with Gasteiger partial charge in [-0.1, -0.05) is 19.9 Å². The molecule has 3 aromatic carbocycles. The van der Waals surface area contributed by atoms with Crippen LogP contribution < -0.4 is 15.4 Å². The summed E-state index contributed by atoms with van der Waals surface area (Å²) in [5.74, 6) is -1.67. The molecular formula is C28H25N3O6. The fraction of sp³-hybridized carbons (Fsp3) is 0.179. The zero-order valence-electron chi connectivity index (χ0n) is 20.5. The fourth-order valence-corrected chi connectivity index (χ4v) is 3.87. The highest BCUT2D eigenvalue weighted by Gasteiger charge is 2.36. The molecule has 37 heavy (non-hydrogen) atoms. The summed E-state index contributed by atoms with van der Waals surface area (Å²) in [6, 6.07) is 17.2. The molecule has 0 unspecified atom stereocenters. The fourth-order valence-electron chi connectivity index (χ4n) is 3.87. The third-order valence-electron chi connectivity index (χ3n) is 5.54. The largest absolute Gasteiger partial charge is 0.427 e. The third kappa shape index (κ3) is 5.72. The summed E-state index contributed by atoms with van der Waals surface area (Å²) >= 11 is 0. The SMILES string of the molecule is CC(=O)Oc1cccc(C(=O)Nc2ccc(NC(=O)c3ccc4c(c3)C(=O)N(CC(C)C)C4=O)cc2)c1. The summed E-state index contributed by atoms with van der Waals surface area (Å²) in [6.45, 7) is 5.43. The summed E-state index contributed by atoms with van der Waals surface area (Å²) in [6.07, 6.45) is 0. The Labute approximate surface area is 213 Å². The van der Waals surface area contributed by atoms with Gasteiger partial charge in [-0.3, -0.25) is 28.9 Å². The molecule has 0 atom stereocenters. The lowest BCUT2D eigenvalue weighted by Crippen LogP contribution is -2.33. The minimum atomic E-state index is -0.483. The third-order valence-corrected chi connectivity index (χ3v) is 5.54. The molecule has 9 heteroatoms. The van der Waals surface area contributed by atoms with E-state index in [1.807, 2.05) is 13.8 Å². The zero-order valence-corrected chi connectivity index (χ0v) is 20.5. The van der Waals surface area contributed by atoms with Crippen molar-refractivity contribution in [1.29, 1.82) is 0 Å². The second-order valence-electron chi connectivity index (χ2n) is 8.98. The van der Waals surface area contributed by atoms with E-state index >= 15 is 0 Å². The number of imide groups is 1. The zero-order chi connectivity index (χ0) is 26.7. The van der Waals surface area contributed by atoms with E-state index in [1.54, 1.807) is 42.5 Å². The van der Waals surface area contributed by atoms with Crippen LogP contribution in [0.5, 0.6) is 5.75 Å². The summed E-state index contributed by atoms with van der Waals surface area (Å²) < 4.78 is 5.00. The van der Waals surface area contributed by atoms with Gasteiger partial charge in [-0.25, -0.2) is 0 Å². The summed E-state index contributed by atoms with van der Waals surface area (Å²) in [5, 5.41) is 5.49. The molecule has 9 nitrogen and oxygen atoms in total. The van der Waals surface area contributed by atoms with Gasteiger partial charge in [0, 0.05) is 36.0 Å². The molecule has 0 aromatic heterocycles. The Balaban J connectivity index is 1.41. The van der Waals surface area contributed by atoms with Crippen molar-refractivity contribution in [1.82, 2.24) is 4.90 Å². The van der Waals surface area contributed by atoms with Crippen molar-refractivity contribution in [3.05, 3.63) is 89.0 Å². The number of amides is 4. The number of esters is 1. The van der Waals surface area contributed by atoms with E-state index in [1.165, 1.54) is 36.1 Å². The van der Waals surface area contributed by atoms with Gasteiger partial charge in [0.05, 0.1) is 11.1 Å². The molecule has 4 amide bonds. The van der Waals surface area contributed by atoms with Crippen molar-refractivity contribution < 1.29 is 28.7 Å². The predicted molar refractivity (Wildman–Crippen MR) is 137 cm³/mol. The lowest BCUT2D eigenvalue weighted by Gasteiger charge is -2.15. The molecule has 1 heterocycles. The summed E-state index contributed by atoms with van der Waals surface area (Å²) in [7, 11) is 0. The Kier molecular flexibility index (Phi) is 7.15. The van der Waals surface area contributed by atoms with Crippen molar-refractivity contribution in [2.24, 2.45) is 5.92 Å². The molecule has 0 spiro atoms. The molecule has 4 rings (SSSR count). The maximum atomic E-state index is 12.8. The van der Waals surface area contributed by atoms with Gasteiger partial charge >= 0.3 is 5.97 Å². The number of nitrogens with one attached hydrogen (secondary N) is 2. The van der Waals surface area contributed by atoms with E-state index in [9.17, 15) is 24.0 Å². The number of carbonyl (C=O) groups is 5. The first-order valence-electron chi connectivity index (χ1n) is 11.6. The van der Waals surface area contributed by atoms with E-state index in [-0.39, 0.29) is 28.7 Å². The van der Waals surface area contributed by atoms with Crippen molar-refractivity contribution >= 4 is 41.0 Å². The highest BCUT2D eigenvalue weighted by Crippen LogP contribution is 2.25. The van der Waals surface area contributed by atoms with Crippen LogP contribution in [0.25, 0.3) is 0 Å². The molecule has 0 bridgehead atoms. The highest BCUT2D eigenvalue weighted by atomic mass is 16.5. The van der Waals surface area contributed by atoms with Crippen LogP contribution in [0.1, 0.15) is 62.2 Å². The van der Waals surface area contributed by atoms with E-state index in [4.69, 9.17) is 4.74 Å². The molecule has 1 aliphatic heterocycles. The molecule has 188 valence electrons. The smallest absolute Gasteiger partial charge is 0.308 e. The first-order valence-corrected chi connectivity index (χ1v) is 11.6. The first-order chi connectivity index (χ1) is 17.6. The van der Waals surface area contributed by atoms with Gasteiger partial charge in [0.15, 0.2) is 0 Å². The van der Waals surface area contributed by atoms with E-state index < -0.39 is 23.7 Å². The number of carbonyl (C=O) groups excluding carboxylic acids is 5. The van der Waals surface area contributed by atoms with Gasteiger partial charge in [-0.15, -0.1) is 0 Å². The number of rotatable bonds is 7. The van der Waals surface area contributed by atoms with Crippen molar-refractivity contribution in [2.45, 2.75) is 20.8 Å². The van der Waals surface area contributed by atoms with E-state index in [0.717, 1.165) is 0 Å². The topological polar surface area (TPSA) is 122 Å². The van der Waals surface area contributed by atoms with Gasteiger partial charge in [-0.2, -0.15) is 0 Å². The molecule has 2 N–H and O–H groups in total. The number of benzene rings is 3. The number of hydrogen-bond acceptors (Lipinski definition) is 6. The minimum Gasteiger partial charge on any atom is -0.427 e. The van der Waals surface area contributed by atoms with E-state index in [2.05, 4.69) is 10.6 Å². The standard InChI is InChI=1S/C28H25N3O6/c1-16(2)15-31-27(35)23-12-7-19(14-24(23)28(31)36)26(34)30-21-10-8-20(9-11-21)29-25(33)18-5-4-6-22(13-18)37-17(3)32/h4-14,16H,15H2,1-3H3,(H,29,33)(H,30,34). The van der Waals surface area contributed by atoms with Crippen LogP contribution in [0.2, 0.25) is 0 Å². The molecule has 0 saturated heterocycles. The molecular weight excluding hydrogens is 474 g/mol. The number of nitrogens with zero attached hydrogens (tertiary/aromatic N) is 1. The van der Waals surface area contributed by atoms with Crippen LogP contribution in [0, 0.1) is 5.92 Å². The Morgan fingerprint density at radius 3 is 1.92 bits per heavy atom. The molecule has 0 saturated carbocycles. The van der Waals surface area contributed by atoms with Crippen LogP contribution >= 0.6 is 0 Å².